The highest BCUT2D eigenvalue weighted by Gasteiger charge is 2.39. The van der Waals surface area contributed by atoms with E-state index in [1.165, 1.54) is 0 Å². The minimum absolute atomic E-state index is 0.0309. The van der Waals surface area contributed by atoms with E-state index in [0.717, 1.165) is 0 Å². The molecule has 0 radical (unpaired) electrons. The van der Waals surface area contributed by atoms with Crippen LogP contribution in [-0.2, 0) is 24.0 Å². The normalized spacial score (nSPS) is 24.6. The molecule has 0 saturated carbocycles. The number of ether oxygens (including phenoxy) is 2. The van der Waals surface area contributed by atoms with Crippen molar-refractivity contribution in [1.29, 1.82) is 0 Å². The van der Waals surface area contributed by atoms with Crippen LogP contribution in [0.4, 0.5) is 13.2 Å². The smallest absolute Gasteiger partial charge is 0.394 e. The second-order valence-electron chi connectivity index (χ2n) is 5.79. The highest BCUT2D eigenvalue weighted by molar-refractivity contribution is 5.81. The Morgan fingerprint density at radius 1 is 1.47 bits per heavy atom. The van der Waals surface area contributed by atoms with E-state index >= 15 is 0 Å². The van der Waals surface area contributed by atoms with Crippen LogP contribution >= 0.6 is 0 Å². The van der Waals surface area contributed by atoms with Gasteiger partial charge in [0.25, 0.3) is 0 Å². The lowest BCUT2D eigenvalue weighted by molar-refractivity contribution is -0.308. The molecule has 2 aliphatic heterocycles. The summed E-state index contributed by atoms with van der Waals surface area (Å²) in [7, 11) is 0. The van der Waals surface area contributed by atoms with Crippen LogP contribution in [0, 0.1) is 11.8 Å². The minimum Gasteiger partial charge on any atom is -0.394 e. The molecule has 0 aromatic rings. The maximum atomic E-state index is 12.0. The average Bonchev–Trinajstić information content (AvgIpc) is 2.96. The van der Waals surface area contributed by atoms with Crippen LogP contribution in [0.15, 0.2) is 27.1 Å². The van der Waals surface area contributed by atoms with Gasteiger partial charge in [-0.3, -0.25) is 4.79 Å². The standard InChI is InChI=1S/C15H17F3N6O6/c16-15(17,18)14(26)22-20-3-1-2-10-5-24(9-29-28-7-10)13-4-11(12(6-25)30-13)27-8-21-23-19/h5,11-13,25H,3-4,6-9H2. The Kier molecular flexibility index (Phi) is 8.99. The zero-order valence-corrected chi connectivity index (χ0v) is 15.4. The van der Waals surface area contributed by atoms with E-state index in [9.17, 15) is 23.1 Å². The summed E-state index contributed by atoms with van der Waals surface area (Å²) in [5.41, 5.74) is 8.70. The van der Waals surface area contributed by atoms with Gasteiger partial charge in [0, 0.05) is 23.1 Å². The molecule has 3 atom stereocenters. The summed E-state index contributed by atoms with van der Waals surface area (Å²) in [6.45, 7) is -1.04. The number of nitrogens with zero attached hydrogens (tertiary/aromatic N) is 6. The fourth-order valence-electron chi connectivity index (χ4n) is 2.46. The van der Waals surface area contributed by atoms with Crippen molar-refractivity contribution in [3.8, 4) is 11.8 Å². The number of azo groups is 1. The Morgan fingerprint density at radius 3 is 2.97 bits per heavy atom. The molecule has 30 heavy (non-hydrogen) atoms. The van der Waals surface area contributed by atoms with Gasteiger partial charge >= 0.3 is 12.1 Å². The average molecular weight is 434 g/mol. The van der Waals surface area contributed by atoms with Crippen LogP contribution in [0.5, 0.6) is 0 Å². The van der Waals surface area contributed by atoms with Crippen LogP contribution in [-0.4, -0.2) is 73.7 Å². The first kappa shape index (κ1) is 23.5. The first-order valence-electron chi connectivity index (χ1n) is 8.42. The van der Waals surface area contributed by atoms with E-state index in [4.69, 9.17) is 24.8 Å². The molecule has 2 rings (SSSR count). The molecule has 1 amide bonds. The van der Waals surface area contributed by atoms with E-state index in [0.29, 0.717) is 12.0 Å². The molecule has 1 N–H and O–H groups in total. The number of hydrogen-bond donors (Lipinski definition) is 1. The molecule has 0 aromatic heterocycles. The Balaban J connectivity index is 1.98. The van der Waals surface area contributed by atoms with E-state index in [1.54, 1.807) is 11.1 Å². The third kappa shape index (κ3) is 7.26. The van der Waals surface area contributed by atoms with E-state index < -0.39 is 37.1 Å². The van der Waals surface area contributed by atoms with Gasteiger partial charge in [-0.25, -0.2) is 9.78 Å². The van der Waals surface area contributed by atoms with Crippen molar-refractivity contribution in [2.45, 2.75) is 31.0 Å². The zero-order chi connectivity index (χ0) is 22.0. The summed E-state index contributed by atoms with van der Waals surface area (Å²) in [5.74, 6) is 2.77. The van der Waals surface area contributed by atoms with Crippen LogP contribution in [0.25, 0.3) is 10.4 Å². The molecule has 1 fully saturated rings. The number of alkyl halides is 3. The predicted octanol–water partition coefficient (Wildman–Crippen LogP) is 1.40. The number of rotatable bonds is 6. The van der Waals surface area contributed by atoms with Crippen LogP contribution in [0.3, 0.4) is 0 Å². The molecule has 12 nitrogen and oxygen atoms in total. The maximum absolute atomic E-state index is 12.0. The Bertz CT molecular complexity index is 773. The molecule has 3 unspecified atom stereocenters. The summed E-state index contributed by atoms with van der Waals surface area (Å²) in [6.07, 6.45) is -4.94. The van der Waals surface area contributed by atoms with Crippen LogP contribution < -0.4 is 0 Å². The number of carbonyl (C=O) groups is 1. The van der Waals surface area contributed by atoms with Crippen molar-refractivity contribution in [1.82, 2.24) is 4.90 Å². The Hall–Kier alpha value is -2.73. The Morgan fingerprint density at radius 2 is 2.27 bits per heavy atom. The number of aliphatic hydroxyl groups excluding tert-OH is 1. The molecule has 2 aliphatic rings. The largest absolute Gasteiger partial charge is 0.475 e. The molecule has 164 valence electrons. The summed E-state index contributed by atoms with van der Waals surface area (Å²) >= 11 is 0. The van der Waals surface area contributed by atoms with Crippen molar-refractivity contribution in [2.75, 3.05) is 33.2 Å². The van der Waals surface area contributed by atoms with Gasteiger partial charge in [-0.05, 0) is 5.53 Å². The number of aliphatic hydroxyl groups is 1. The molecule has 0 spiro atoms. The van der Waals surface area contributed by atoms with Crippen molar-refractivity contribution in [3.05, 3.63) is 22.2 Å². The second-order valence-corrected chi connectivity index (χ2v) is 5.79. The van der Waals surface area contributed by atoms with Crippen LogP contribution in [0.1, 0.15) is 6.42 Å². The maximum Gasteiger partial charge on any atom is 0.475 e. The first-order chi connectivity index (χ1) is 14.3. The minimum atomic E-state index is -5.08. The van der Waals surface area contributed by atoms with Crippen molar-refractivity contribution in [2.24, 2.45) is 15.3 Å². The molecule has 0 aliphatic carbocycles. The number of azide groups is 1. The topological polar surface area (TPSA) is 151 Å². The summed E-state index contributed by atoms with van der Waals surface area (Å²) < 4.78 is 47.1. The Labute approximate surface area is 167 Å². The second kappa shape index (κ2) is 11.5. The van der Waals surface area contributed by atoms with E-state index in [-0.39, 0.29) is 26.7 Å². The van der Waals surface area contributed by atoms with Crippen molar-refractivity contribution < 1.29 is 42.3 Å². The molecular weight excluding hydrogens is 417 g/mol. The van der Waals surface area contributed by atoms with Crippen molar-refractivity contribution >= 4 is 5.91 Å². The quantitative estimate of drug-likeness (QED) is 0.218. The van der Waals surface area contributed by atoms with E-state index in [1.807, 2.05) is 0 Å². The van der Waals surface area contributed by atoms with Gasteiger partial charge in [-0.1, -0.05) is 17.0 Å². The number of carbonyl (C=O) groups excluding carboxylic acids is 1. The van der Waals surface area contributed by atoms with Gasteiger partial charge in [-0.15, -0.1) is 5.11 Å². The summed E-state index contributed by atoms with van der Waals surface area (Å²) in [6, 6.07) is 0. The van der Waals surface area contributed by atoms with Gasteiger partial charge < -0.3 is 19.5 Å². The van der Waals surface area contributed by atoms with Gasteiger partial charge in [-0.2, -0.15) is 18.3 Å². The molecular formula is C15H17F3N6O6. The van der Waals surface area contributed by atoms with Gasteiger partial charge in [0.15, 0.2) is 6.73 Å². The lowest BCUT2D eigenvalue weighted by atomic mass is 10.2. The fraction of sp³-hybridized carbons (Fsp3) is 0.667. The van der Waals surface area contributed by atoms with Gasteiger partial charge in [0.1, 0.15) is 32.2 Å². The summed E-state index contributed by atoms with van der Waals surface area (Å²) in [5, 5.41) is 18.3. The third-order valence-corrected chi connectivity index (χ3v) is 3.76. The van der Waals surface area contributed by atoms with Crippen LogP contribution in [0.2, 0.25) is 0 Å². The first-order valence-corrected chi connectivity index (χ1v) is 8.42. The highest BCUT2D eigenvalue weighted by Crippen LogP contribution is 2.27. The third-order valence-electron chi connectivity index (χ3n) is 3.76. The van der Waals surface area contributed by atoms with E-state index in [2.05, 4.69) is 32.1 Å². The monoisotopic (exact) mass is 434 g/mol. The number of hydrogen-bond acceptors (Lipinski definition) is 9. The molecule has 1 saturated heterocycles. The van der Waals surface area contributed by atoms with Gasteiger partial charge in [0.2, 0.25) is 0 Å². The van der Waals surface area contributed by atoms with Crippen molar-refractivity contribution in [3.63, 3.8) is 0 Å². The number of amides is 1. The molecule has 2 heterocycles. The zero-order valence-electron chi connectivity index (χ0n) is 15.4. The summed E-state index contributed by atoms with van der Waals surface area (Å²) in [4.78, 5) is 24.7. The predicted molar refractivity (Wildman–Crippen MR) is 89.6 cm³/mol. The lowest BCUT2D eigenvalue weighted by Crippen LogP contribution is -2.32. The molecule has 0 bridgehead atoms. The fourth-order valence-corrected chi connectivity index (χ4v) is 2.46. The SMILES string of the molecule is [N-]=[N+]=NCOC1CC(N2C=C(C#CCN=NC(=O)C(F)(F)F)COOC2)OC1CO. The van der Waals surface area contributed by atoms with Gasteiger partial charge in [0.05, 0.1) is 12.7 Å². The molecule has 15 heteroatoms. The molecule has 0 aromatic carbocycles. The highest BCUT2D eigenvalue weighted by atomic mass is 19.4. The number of halogens is 3. The lowest BCUT2D eigenvalue weighted by Gasteiger charge is -2.24.